The van der Waals surface area contributed by atoms with Gasteiger partial charge in [-0.15, -0.1) is 0 Å². The maximum Gasteiger partial charge on any atom is 0.309 e. The van der Waals surface area contributed by atoms with Crippen LogP contribution in [-0.2, 0) is 10.2 Å². The molecule has 0 spiro atoms. The molecule has 2 heterocycles. The minimum atomic E-state index is -0.788. The SMILES string of the molecule is CC(C)(CC#N)c1c([C@@H]2CC[C@@](C)(C(=O)O)C2)c2cc3[nH]ncc3cc2n1-c1ccc(F)cc1. The summed E-state index contributed by atoms with van der Waals surface area (Å²) in [7, 11) is 0. The molecule has 1 fully saturated rings. The van der Waals surface area contributed by atoms with Gasteiger partial charge in [0, 0.05) is 34.0 Å². The van der Waals surface area contributed by atoms with Crippen molar-refractivity contribution in [2.75, 3.05) is 0 Å². The lowest BCUT2D eigenvalue weighted by atomic mass is 9.78. The van der Waals surface area contributed by atoms with Gasteiger partial charge in [-0.1, -0.05) is 13.8 Å². The summed E-state index contributed by atoms with van der Waals surface area (Å²) in [4.78, 5) is 12.0. The van der Waals surface area contributed by atoms with Crippen molar-refractivity contribution in [2.24, 2.45) is 5.41 Å². The van der Waals surface area contributed by atoms with Gasteiger partial charge in [0.2, 0.25) is 0 Å². The highest BCUT2D eigenvalue weighted by molar-refractivity contribution is 5.99. The first kappa shape index (κ1) is 22.1. The molecule has 6 nitrogen and oxygen atoms in total. The number of aromatic nitrogens is 3. The number of carboxylic acid groups (broad SMARTS) is 1. The van der Waals surface area contributed by atoms with Gasteiger partial charge >= 0.3 is 5.97 Å². The molecule has 1 aliphatic carbocycles. The fourth-order valence-corrected chi connectivity index (χ4v) is 5.65. The van der Waals surface area contributed by atoms with Gasteiger partial charge in [-0.3, -0.25) is 9.89 Å². The largest absolute Gasteiger partial charge is 0.481 e. The number of aliphatic carboxylic acids is 1. The highest BCUT2D eigenvalue weighted by atomic mass is 19.1. The molecule has 0 radical (unpaired) electrons. The van der Waals surface area contributed by atoms with Gasteiger partial charge in [-0.05, 0) is 74.1 Å². The molecule has 5 rings (SSSR count). The number of nitrogens with one attached hydrogen (secondary N) is 1. The van der Waals surface area contributed by atoms with Crippen molar-refractivity contribution >= 4 is 27.8 Å². The number of halogens is 1. The number of aromatic amines is 1. The molecular weight excluding hydrogens is 431 g/mol. The summed E-state index contributed by atoms with van der Waals surface area (Å²) in [5.41, 5.74) is 3.40. The number of carboxylic acids is 1. The van der Waals surface area contributed by atoms with Crippen LogP contribution in [0, 0.1) is 22.6 Å². The summed E-state index contributed by atoms with van der Waals surface area (Å²) in [5, 5.41) is 28.8. The lowest BCUT2D eigenvalue weighted by Crippen LogP contribution is -2.25. The van der Waals surface area contributed by atoms with Gasteiger partial charge in [0.05, 0.1) is 28.7 Å². The van der Waals surface area contributed by atoms with Crippen LogP contribution in [0.4, 0.5) is 4.39 Å². The smallest absolute Gasteiger partial charge is 0.309 e. The molecule has 0 amide bonds. The predicted molar refractivity (Wildman–Crippen MR) is 128 cm³/mol. The number of benzene rings is 2. The highest BCUT2D eigenvalue weighted by Gasteiger charge is 2.45. The average molecular weight is 459 g/mol. The van der Waals surface area contributed by atoms with Gasteiger partial charge in [-0.25, -0.2) is 4.39 Å². The van der Waals surface area contributed by atoms with Crippen molar-refractivity contribution in [3.63, 3.8) is 0 Å². The molecule has 1 saturated carbocycles. The highest BCUT2D eigenvalue weighted by Crippen LogP contribution is 2.52. The first-order chi connectivity index (χ1) is 16.1. The molecule has 0 unspecified atom stereocenters. The number of hydrogen-bond acceptors (Lipinski definition) is 3. The standard InChI is InChI=1S/C27H27FN4O2/c1-26(2,10-11-29)24-23(16-8-9-27(3,14-16)25(33)34)20-13-21-17(15-30-31-21)12-22(20)32(24)19-6-4-18(28)5-7-19/h4-7,12-13,15-16H,8-10,14H2,1-3H3,(H,30,31)(H,33,34)/t16-,27-/m1/s1. The zero-order valence-electron chi connectivity index (χ0n) is 19.5. The van der Waals surface area contributed by atoms with Crippen LogP contribution in [0.3, 0.4) is 0 Å². The van der Waals surface area contributed by atoms with E-state index in [0.29, 0.717) is 19.3 Å². The van der Waals surface area contributed by atoms with Crippen molar-refractivity contribution in [2.45, 2.75) is 57.8 Å². The van der Waals surface area contributed by atoms with Crippen molar-refractivity contribution in [3.05, 3.63) is 59.7 Å². The molecule has 34 heavy (non-hydrogen) atoms. The van der Waals surface area contributed by atoms with Crippen LogP contribution in [0.15, 0.2) is 42.6 Å². The minimum Gasteiger partial charge on any atom is -0.481 e. The van der Waals surface area contributed by atoms with E-state index in [1.54, 1.807) is 18.3 Å². The summed E-state index contributed by atoms with van der Waals surface area (Å²) in [6.45, 7) is 5.92. The summed E-state index contributed by atoms with van der Waals surface area (Å²) < 4.78 is 16.0. The Balaban J connectivity index is 1.88. The van der Waals surface area contributed by atoms with Gasteiger partial charge in [0.25, 0.3) is 0 Å². The Bertz CT molecular complexity index is 1460. The monoisotopic (exact) mass is 458 g/mol. The number of H-pyrrole nitrogens is 1. The Hall–Kier alpha value is -3.66. The fourth-order valence-electron chi connectivity index (χ4n) is 5.65. The molecule has 4 aromatic rings. The van der Waals surface area contributed by atoms with Crippen LogP contribution >= 0.6 is 0 Å². The number of fused-ring (bicyclic) bond motifs is 2. The summed E-state index contributed by atoms with van der Waals surface area (Å²) in [5.74, 6) is -1.06. The van der Waals surface area contributed by atoms with Crippen molar-refractivity contribution in [3.8, 4) is 11.8 Å². The number of rotatable bonds is 5. The first-order valence-corrected chi connectivity index (χ1v) is 11.5. The van der Waals surface area contributed by atoms with Crippen LogP contribution in [0.5, 0.6) is 0 Å². The predicted octanol–water partition coefficient (Wildman–Crippen LogP) is 6.20. The zero-order valence-corrected chi connectivity index (χ0v) is 19.5. The van der Waals surface area contributed by atoms with Crippen molar-refractivity contribution < 1.29 is 14.3 Å². The second kappa shape index (κ2) is 7.69. The maximum absolute atomic E-state index is 13.8. The Morgan fingerprint density at radius 1 is 1.35 bits per heavy atom. The van der Waals surface area contributed by atoms with E-state index < -0.39 is 16.8 Å². The third-order valence-corrected chi connectivity index (χ3v) is 7.48. The Morgan fingerprint density at radius 2 is 2.09 bits per heavy atom. The average Bonchev–Trinajstić information content (AvgIpc) is 3.48. The third kappa shape index (κ3) is 3.37. The van der Waals surface area contributed by atoms with E-state index in [-0.39, 0.29) is 11.7 Å². The molecule has 0 bridgehead atoms. The topological polar surface area (TPSA) is 94.7 Å². The molecule has 2 atom stereocenters. The Morgan fingerprint density at radius 3 is 2.74 bits per heavy atom. The van der Waals surface area contributed by atoms with Gasteiger partial charge in [0.1, 0.15) is 5.82 Å². The number of hydrogen-bond donors (Lipinski definition) is 2. The van der Waals surface area contributed by atoms with Gasteiger partial charge in [-0.2, -0.15) is 10.4 Å². The van der Waals surface area contributed by atoms with E-state index in [9.17, 15) is 19.6 Å². The normalized spacial score (nSPS) is 20.7. The number of nitriles is 1. The van der Waals surface area contributed by atoms with Crippen LogP contribution in [0.2, 0.25) is 0 Å². The summed E-state index contributed by atoms with van der Waals surface area (Å²) in [6.07, 6.45) is 3.94. The second-order valence-electron chi connectivity index (χ2n) is 10.4. The molecule has 0 aliphatic heterocycles. The second-order valence-corrected chi connectivity index (χ2v) is 10.4. The molecule has 2 N–H and O–H groups in total. The lowest BCUT2D eigenvalue weighted by molar-refractivity contribution is -0.147. The maximum atomic E-state index is 13.8. The summed E-state index contributed by atoms with van der Waals surface area (Å²) >= 11 is 0. The van der Waals surface area contributed by atoms with Crippen LogP contribution in [0.1, 0.15) is 63.6 Å². The molecule has 174 valence electrons. The third-order valence-electron chi connectivity index (χ3n) is 7.48. The molecule has 1 aliphatic rings. The first-order valence-electron chi connectivity index (χ1n) is 11.5. The number of carbonyl (C=O) groups is 1. The van der Waals surface area contributed by atoms with E-state index >= 15 is 0 Å². The van der Waals surface area contributed by atoms with E-state index in [2.05, 4.69) is 33.0 Å². The molecule has 7 heteroatoms. The van der Waals surface area contributed by atoms with Crippen LogP contribution < -0.4 is 0 Å². The van der Waals surface area contributed by atoms with E-state index in [1.807, 2.05) is 20.8 Å². The lowest BCUT2D eigenvalue weighted by Gasteiger charge is -2.28. The number of nitrogens with zero attached hydrogens (tertiary/aromatic N) is 3. The van der Waals surface area contributed by atoms with Crippen molar-refractivity contribution in [1.82, 2.24) is 14.8 Å². The van der Waals surface area contributed by atoms with Crippen molar-refractivity contribution in [1.29, 1.82) is 5.26 Å². The molecular formula is C27H27FN4O2. The van der Waals surface area contributed by atoms with Gasteiger partial charge < -0.3 is 9.67 Å². The van der Waals surface area contributed by atoms with Gasteiger partial charge in [0.15, 0.2) is 0 Å². The summed E-state index contributed by atoms with van der Waals surface area (Å²) in [6, 6.07) is 12.9. The quantitative estimate of drug-likeness (QED) is 0.372. The Labute approximate surface area is 197 Å². The van der Waals surface area contributed by atoms with E-state index in [1.165, 1.54) is 12.1 Å². The molecule has 2 aromatic carbocycles. The fraction of sp³-hybridized carbons (Fsp3) is 0.370. The van der Waals surface area contributed by atoms with E-state index in [0.717, 1.165) is 45.2 Å². The Kier molecular flexibility index (Phi) is 5.01. The van der Waals surface area contributed by atoms with Crippen LogP contribution in [-0.4, -0.2) is 25.8 Å². The molecule has 0 saturated heterocycles. The zero-order chi connectivity index (χ0) is 24.3. The minimum absolute atomic E-state index is 0.0265. The van der Waals surface area contributed by atoms with E-state index in [4.69, 9.17) is 0 Å². The molecule has 2 aromatic heterocycles. The van der Waals surface area contributed by atoms with Crippen LogP contribution in [0.25, 0.3) is 27.5 Å².